The normalized spacial score (nSPS) is 11.6. The van der Waals surface area contributed by atoms with E-state index in [1.165, 1.54) is 12.1 Å². The smallest absolute Gasteiger partial charge is 0.208 e. The summed E-state index contributed by atoms with van der Waals surface area (Å²) in [6, 6.07) is 11.4. The first-order valence-corrected chi connectivity index (χ1v) is 9.13. The van der Waals surface area contributed by atoms with Gasteiger partial charge in [-0.2, -0.15) is 0 Å². The van der Waals surface area contributed by atoms with Crippen molar-refractivity contribution in [3.8, 4) is 0 Å². The molecule has 0 bridgehead atoms. The molecular formula is C16H17Cl2NO2S. The van der Waals surface area contributed by atoms with Gasteiger partial charge in [0.2, 0.25) is 9.84 Å². The Bertz CT molecular complexity index is 760. The van der Waals surface area contributed by atoms with Gasteiger partial charge in [-0.05, 0) is 62.3 Å². The van der Waals surface area contributed by atoms with E-state index in [4.69, 9.17) is 23.2 Å². The zero-order chi connectivity index (χ0) is 16.2. The minimum atomic E-state index is -3.68. The summed E-state index contributed by atoms with van der Waals surface area (Å²) in [5, 5.41) is 3.58. The standard InChI is InChI=1S/C16H17Cl2NO2S/c1-19-9-3-5-12-4-2-6-14(10-12)22(20,21)16-11-13(17)7-8-15(16)18/h2,4,6-8,10-11,19H,3,5,9H2,1H3. The minimum absolute atomic E-state index is 0.0361. The van der Waals surface area contributed by atoms with E-state index in [9.17, 15) is 8.42 Å². The zero-order valence-corrected chi connectivity index (χ0v) is 14.5. The lowest BCUT2D eigenvalue weighted by Gasteiger charge is -2.09. The summed E-state index contributed by atoms with van der Waals surface area (Å²) in [6.45, 7) is 0.886. The van der Waals surface area contributed by atoms with Crippen LogP contribution in [-0.2, 0) is 16.3 Å². The van der Waals surface area contributed by atoms with Crippen molar-refractivity contribution in [2.24, 2.45) is 0 Å². The van der Waals surface area contributed by atoms with Crippen LogP contribution in [0.1, 0.15) is 12.0 Å². The van der Waals surface area contributed by atoms with Gasteiger partial charge in [-0.1, -0.05) is 35.3 Å². The van der Waals surface area contributed by atoms with Crippen LogP contribution in [0.15, 0.2) is 52.3 Å². The van der Waals surface area contributed by atoms with Crippen molar-refractivity contribution in [1.82, 2.24) is 5.32 Å². The molecule has 0 spiro atoms. The van der Waals surface area contributed by atoms with Gasteiger partial charge < -0.3 is 5.32 Å². The van der Waals surface area contributed by atoms with Crippen LogP contribution in [0, 0.1) is 0 Å². The zero-order valence-electron chi connectivity index (χ0n) is 12.1. The maximum atomic E-state index is 12.7. The lowest BCUT2D eigenvalue weighted by molar-refractivity contribution is 0.596. The van der Waals surface area contributed by atoms with Crippen LogP contribution >= 0.6 is 23.2 Å². The number of hydrogen-bond acceptors (Lipinski definition) is 3. The van der Waals surface area contributed by atoms with Crippen molar-refractivity contribution >= 4 is 33.0 Å². The summed E-state index contributed by atoms with van der Waals surface area (Å²) in [7, 11) is -1.79. The lowest BCUT2D eigenvalue weighted by Crippen LogP contribution is -2.08. The number of halogens is 2. The molecule has 0 saturated carbocycles. The van der Waals surface area contributed by atoms with Gasteiger partial charge in [0, 0.05) is 5.02 Å². The molecule has 2 aromatic rings. The molecular weight excluding hydrogens is 341 g/mol. The summed E-state index contributed by atoms with van der Waals surface area (Å²) in [5.41, 5.74) is 0.981. The largest absolute Gasteiger partial charge is 0.320 e. The highest BCUT2D eigenvalue weighted by Gasteiger charge is 2.21. The van der Waals surface area contributed by atoms with Crippen LogP contribution in [0.2, 0.25) is 10.0 Å². The van der Waals surface area contributed by atoms with E-state index < -0.39 is 9.84 Å². The average Bonchev–Trinajstić information content (AvgIpc) is 2.50. The molecule has 22 heavy (non-hydrogen) atoms. The van der Waals surface area contributed by atoms with Crippen LogP contribution < -0.4 is 5.32 Å². The molecule has 2 aromatic carbocycles. The fourth-order valence-corrected chi connectivity index (χ4v) is 4.23. The Morgan fingerprint density at radius 2 is 1.86 bits per heavy atom. The van der Waals surface area contributed by atoms with Gasteiger partial charge >= 0.3 is 0 Å². The second-order valence-electron chi connectivity index (χ2n) is 4.93. The third-order valence-corrected chi connectivity index (χ3v) is 5.75. The number of nitrogens with one attached hydrogen (secondary N) is 1. The molecule has 0 atom stereocenters. The van der Waals surface area contributed by atoms with Gasteiger partial charge in [0.25, 0.3) is 0 Å². The highest BCUT2D eigenvalue weighted by Crippen LogP contribution is 2.30. The number of hydrogen-bond donors (Lipinski definition) is 1. The van der Waals surface area contributed by atoms with E-state index in [1.807, 2.05) is 13.1 Å². The van der Waals surface area contributed by atoms with Crippen molar-refractivity contribution in [1.29, 1.82) is 0 Å². The van der Waals surface area contributed by atoms with Crippen molar-refractivity contribution in [2.75, 3.05) is 13.6 Å². The molecule has 0 aliphatic rings. The van der Waals surface area contributed by atoms with Gasteiger partial charge in [0.1, 0.15) is 0 Å². The molecule has 2 rings (SSSR count). The molecule has 0 radical (unpaired) electrons. The Kier molecular flexibility index (Phi) is 5.87. The first kappa shape index (κ1) is 17.3. The van der Waals surface area contributed by atoms with E-state index in [0.717, 1.165) is 24.9 Å². The molecule has 0 saturated heterocycles. The highest BCUT2D eigenvalue weighted by molar-refractivity contribution is 7.91. The average molecular weight is 358 g/mol. The monoisotopic (exact) mass is 357 g/mol. The topological polar surface area (TPSA) is 46.2 Å². The van der Waals surface area contributed by atoms with Crippen molar-refractivity contribution in [2.45, 2.75) is 22.6 Å². The van der Waals surface area contributed by atoms with Gasteiger partial charge in [-0.25, -0.2) is 8.42 Å². The van der Waals surface area contributed by atoms with Crippen LogP contribution in [-0.4, -0.2) is 22.0 Å². The van der Waals surface area contributed by atoms with E-state index in [1.54, 1.807) is 24.3 Å². The molecule has 0 unspecified atom stereocenters. The number of sulfone groups is 1. The number of aryl methyl sites for hydroxylation is 1. The quantitative estimate of drug-likeness (QED) is 0.795. The van der Waals surface area contributed by atoms with Crippen LogP contribution in [0.5, 0.6) is 0 Å². The molecule has 3 nitrogen and oxygen atoms in total. The molecule has 6 heteroatoms. The molecule has 0 aliphatic carbocycles. The maximum Gasteiger partial charge on any atom is 0.208 e. The Morgan fingerprint density at radius 1 is 1.09 bits per heavy atom. The summed E-state index contributed by atoms with van der Waals surface area (Å²) < 4.78 is 25.5. The van der Waals surface area contributed by atoms with Crippen LogP contribution in [0.3, 0.4) is 0 Å². The summed E-state index contributed by atoms with van der Waals surface area (Å²) in [4.78, 5) is 0.271. The van der Waals surface area contributed by atoms with Gasteiger partial charge in [-0.3, -0.25) is 0 Å². The molecule has 0 aliphatic heterocycles. The van der Waals surface area contributed by atoms with Gasteiger partial charge in [0.05, 0.1) is 14.8 Å². The molecule has 0 heterocycles. The van der Waals surface area contributed by atoms with Crippen LogP contribution in [0.4, 0.5) is 0 Å². The predicted molar refractivity (Wildman–Crippen MR) is 90.6 cm³/mol. The first-order valence-electron chi connectivity index (χ1n) is 6.89. The van der Waals surface area contributed by atoms with E-state index in [2.05, 4.69) is 5.32 Å². The SMILES string of the molecule is CNCCCc1cccc(S(=O)(=O)c2cc(Cl)ccc2Cl)c1. The Balaban J connectivity index is 2.37. The third kappa shape index (κ3) is 4.02. The second-order valence-corrected chi connectivity index (χ2v) is 7.69. The molecule has 0 fully saturated rings. The predicted octanol–water partition coefficient (Wildman–Crippen LogP) is 3.98. The number of rotatable bonds is 6. The van der Waals surface area contributed by atoms with Crippen molar-refractivity contribution in [3.05, 3.63) is 58.1 Å². The third-order valence-electron chi connectivity index (χ3n) is 3.28. The van der Waals surface area contributed by atoms with Crippen LogP contribution in [0.25, 0.3) is 0 Å². The summed E-state index contributed by atoms with van der Waals surface area (Å²) in [5.74, 6) is 0. The second kappa shape index (κ2) is 7.47. The molecule has 0 amide bonds. The Morgan fingerprint density at radius 3 is 2.59 bits per heavy atom. The van der Waals surface area contributed by atoms with Crippen molar-refractivity contribution < 1.29 is 8.42 Å². The first-order chi connectivity index (χ1) is 10.4. The van der Waals surface area contributed by atoms with Crippen molar-refractivity contribution in [3.63, 3.8) is 0 Å². The molecule has 1 N–H and O–H groups in total. The lowest BCUT2D eigenvalue weighted by atomic mass is 10.1. The van der Waals surface area contributed by atoms with E-state index in [-0.39, 0.29) is 14.8 Å². The number of benzene rings is 2. The van der Waals surface area contributed by atoms with E-state index >= 15 is 0 Å². The fourth-order valence-electron chi connectivity index (χ4n) is 2.15. The van der Waals surface area contributed by atoms with Gasteiger partial charge in [-0.15, -0.1) is 0 Å². The summed E-state index contributed by atoms with van der Waals surface area (Å²) >= 11 is 11.9. The Hall–Kier alpha value is -1.07. The van der Waals surface area contributed by atoms with Gasteiger partial charge in [0.15, 0.2) is 0 Å². The summed E-state index contributed by atoms with van der Waals surface area (Å²) in [6.07, 6.45) is 1.76. The maximum absolute atomic E-state index is 12.7. The molecule has 0 aromatic heterocycles. The molecule has 118 valence electrons. The highest BCUT2D eigenvalue weighted by atomic mass is 35.5. The fraction of sp³-hybridized carbons (Fsp3) is 0.250. The minimum Gasteiger partial charge on any atom is -0.320 e. The van der Waals surface area contributed by atoms with E-state index in [0.29, 0.717) is 5.02 Å². The Labute approximate surface area is 141 Å².